The van der Waals surface area contributed by atoms with Crippen LogP contribution in [0.4, 0.5) is 0 Å². The van der Waals surface area contributed by atoms with E-state index < -0.39 is 0 Å². The Hall–Kier alpha value is -0.0800. The van der Waals surface area contributed by atoms with Gasteiger partial charge in [-0.15, -0.1) is 0 Å². The Labute approximate surface area is 121 Å². The molecule has 0 radical (unpaired) electrons. The van der Waals surface area contributed by atoms with Crippen molar-refractivity contribution in [2.24, 2.45) is 17.1 Å². The van der Waals surface area contributed by atoms with Crippen molar-refractivity contribution >= 4 is 0 Å². The van der Waals surface area contributed by atoms with Crippen molar-refractivity contribution in [2.45, 2.75) is 78.7 Å². The van der Waals surface area contributed by atoms with Gasteiger partial charge in [-0.3, -0.25) is 4.90 Å². The normalized spacial score (nSPS) is 27.2. The van der Waals surface area contributed by atoms with Gasteiger partial charge in [0.2, 0.25) is 0 Å². The second-order valence-electron chi connectivity index (χ2n) is 7.05. The summed E-state index contributed by atoms with van der Waals surface area (Å²) in [5.41, 5.74) is 6.88. The number of hydrogen-bond donors (Lipinski definition) is 1. The van der Waals surface area contributed by atoms with Crippen LogP contribution in [-0.4, -0.2) is 30.1 Å². The van der Waals surface area contributed by atoms with Crippen LogP contribution >= 0.6 is 0 Å². The topological polar surface area (TPSA) is 29.3 Å². The van der Waals surface area contributed by atoms with E-state index in [1.807, 2.05) is 0 Å². The van der Waals surface area contributed by atoms with Gasteiger partial charge >= 0.3 is 0 Å². The fourth-order valence-corrected chi connectivity index (χ4v) is 4.11. The molecule has 1 aliphatic carbocycles. The van der Waals surface area contributed by atoms with Crippen LogP contribution in [0.5, 0.6) is 0 Å². The van der Waals surface area contributed by atoms with Crippen LogP contribution in [0.15, 0.2) is 0 Å². The zero-order valence-corrected chi connectivity index (χ0v) is 14.0. The van der Waals surface area contributed by atoms with E-state index >= 15 is 0 Å². The highest BCUT2D eigenvalue weighted by molar-refractivity contribution is 5.05. The molecule has 0 aromatic carbocycles. The van der Waals surface area contributed by atoms with Gasteiger partial charge in [-0.25, -0.2) is 0 Å². The highest BCUT2D eigenvalue weighted by Crippen LogP contribution is 2.47. The first kappa shape index (κ1) is 17.0. The third kappa shape index (κ3) is 3.33. The van der Waals surface area contributed by atoms with Crippen molar-refractivity contribution in [1.29, 1.82) is 0 Å². The molecule has 0 saturated heterocycles. The third-order valence-electron chi connectivity index (χ3n) is 5.86. The number of rotatable bonds is 7. The molecule has 114 valence electrons. The molecular weight excluding hydrogens is 232 g/mol. The Morgan fingerprint density at radius 1 is 1.05 bits per heavy atom. The largest absolute Gasteiger partial charge is 0.329 e. The molecule has 0 aliphatic heterocycles. The monoisotopic (exact) mass is 268 g/mol. The summed E-state index contributed by atoms with van der Waals surface area (Å²) in [6.07, 6.45) is 7.90. The van der Waals surface area contributed by atoms with Crippen LogP contribution in [0.2, 0.25) is 0 Å². The van der Waals surface area contributed by atoms with Crippen LogP contribution in [0.1, 0.15) is 73.1 Å². The number of nitrogens with zero attached hydrogens (tertiary/aromatic N) is 1. The van der Waals surface area contributed by atoms with E-state index in [-0.39, 0.29) is 5.54 Å². The van der Waals surface area contributed by atoms with Crippen molar-refractivity contribution in [1.82, 2.24) is 4.90 Å². The van der Waals surface area contributed by atoms with Gasteiger partial charge in [0.15, 0.2) is 0 Å². The average molecular weight is 268 g/mol. The summed E-state index contributed by atoms with van der Waals surface area (Å²) < 4.78 is 0. The highest BCUT2D eigenvalue weighted by Gasteiger charge is 2.49. The average Bonchev–Trinajstić information content (AvgIpc) is 2.41. The zero-order chi connectivity index (χ0) is 14.5. The zero-order valence-electron chi connectivity index (χ0n) is 14.0. The molecule has 1 saturated carbocycles. The summed E-state index contributed by atoms with van der Waals surface area (Å²) in [6.45, 7) is 15.0. The molecule has 1 unspecified atom stereocenters. The van der Waals surface area contributed by atoms with E-state index in [0.29, 0.717) is 5.41 Å². The fraction of sp³-hybridized carbons (Fsp3) is 1.00. The van der Waals surface area contributed by atoms with E-state index in [0.717, 1.165) is 19.0 Å². The maximum Gasteiger partial charge on any atom is 0.0382 e. The first-order valence-corrected chi connectivity index (χ1v) is 8.42. The summed E-state index contributed by atoms with van der Waals surface area (Å²) in [4.78, 5) is 2.73. The predicted molar refractivity (Wildman–Crippen MR) is 85.4 cm³/mol. The number of hydrogen-bond acceptors (Lipinski definition) is 2. The predicted octanol–water partition coefficient (Wildman–Crippen LogP) is 4.04. The summed E-state index contributed by atoms with van der Waals surface area (Å²) in [5.74, 6) is 0.820. The molecule has 2 heteroatoms. The number of likely N-dealkylation sites (N-methyl/N-ethyl adjacent to an activating group) is 1. The lowest BCUT2D eigenvalue weighted by Gasteiger charge is -2.56. The SMILES string of the molecule is CCC(CC)CN(CC)C1(CN)CCCCC1(C)C. The van der Waals surface area contributed by atoms with Crippen LogP contribution < -0.4 is 5.73 Å². The van der Waals surface area contributed by atoms with Gasteiger partial charge in [0.25, 0.3) is 0 Å². The second kappa shape index (κ2) is 7.08. The molecule has 0 amide bonds. The first-order valence-electron chi connectivity index (χ1n) is 8.42. The molecule has 1 atom stereocenters. The van der Waals surface area contributed by atoms with Crippen molar-refractivity contribution in [3.05, 3.63) is 0 Å². The van der Waals surface area contributed by atoms with E-state index in [1.54, 1.807) is 0 Å². The van der Waals surface area contributed by atoms with Gasteiger partial charge in [0.1, 0.15) is 0 Å². The molecule has 2 nitrogen and oxygen atoms in total. The van der Waals surface area contributed by atoms with Gasteiger partial charge in [-0.2, -0.15) is 0 Å². The van der Waals surface area contributed by atoms with Crippen molar-refractivity contribution < 1.29 is 0 Å². The molecule has 0 spiro atoms. The molecule has 2 N–H and O–H groups in total. The molecule has 0 bridgehead atoms. The minimum Gasteiger partial charge on any atom is -0.329 e. The Kier molecular flexibility index (Phi) is 6.32. The Balaban J connectivity index is 2.95. The Morgan fingerprint density at radius 2 is 1.63 bits per heavy atom. The van der Waals surface area contributed by atoms with Gasteiger partial charge in [-0.1, -0.05) is 60.3 Å². The lowest BCUT2D eigenvalue weighted by molar-refractivity contribution is -0.0492. The Morgan fingerprint density at radius 3 is 2.05 bits per heavy atom. The summed E-state index contributed by atoms with van der Waals surface area (Å²) >= 11 is 0. The van der Waals surface area contributed by atoms with E-state index in [4.69, 9.17) is 5.73 Å². The van der Waals surface area contributed by atoms with Crippen LogP contribution in [-0.2, 0) is 0 Å². The van der Waals surface area contributed by atoms with Crippen molar-refractivity contribution in [3.8, 4) is 0 Å². The van der Waals surface area contributed by atoms with E-state index in [2.05, 4.69) is 39.5 Å². The van der Waals surface area contributed by atoms with Gasteiger partial charge < -0.3 is 5.73 Å². The Bertz CT molecular complexity index is 258. The molecule has 1 rings (SSSR count). The van der Waals surface area contributed by atoms with Crippen LogP contribution in [0.3, 0.4) is 0 Å². The summed E-state index contributed by atoms with van der Waals surface area (Å²) in [6, 6.07) is 0. The standard InChI is InChI=1S/C17H36N2/c1-6-15(7-2)13-19(8-3)17(14-18)12-10-9-11-16(17,4)5/h15H,6-14,18H2,1-5H3. The summed E-state index contributed by atoms with van der Waals surface area (Å²) in [7, 11) is 0. The summed E-state index contributed by atoms with van der Waals surface area (Å²) in [5, 5.41) is 0. The lowest BCUT2D eigenvalue weighted by Crippen LogP contribution is -2.64. The lowest BCUT2D eigenvalue weighted by atomic mass is 9.62. The van der Waals surface area contributed by atoms with Crippen LogP contribution in [0, 0.1) is 11.3 Å². The smallest absolute Gasteiger partial charge is 0.0382 e. The first-order chi connectivity index (χ1) is 8.97. The molecule has 0 heterocycles. The minimum atomic E-state index is 0.225. The van der Waals surface area contributed by atoms with E-state index in [1.165, 1.54) is 45.1 Å². The van der Waals surface area contributed by atoms with Crippen LogP contribution in [0.25, 0.3) is 0 Å². The second-order valence-corrected chi connectivity index (χ2v) is 7.05. The number of nitrogens with two attached hydrogens (primary N) is 1. The van der Waals surface area contributed by atoms with Gasteiger partial charge in [0.05, 0.1) is 0 Å². The quantitative estimate of drug-likeness (QED) is 0.755. The molecule has 0 aromatic rings. The molecule has 1 aliphatic rings. The molecular formula is C17H36N2. The fourth-order valence-electron chi connectivity index (χ4n) is 4.11. The molecule has 19 heavy (non-hydrogen) atoms. The third-order valence-corrected chi connectivity index (χ3v) is 5.86. The molecule has 1 fully saturated rings. The maximum atomic E-state index is 6.31. The van der Waals surface area contributed by atoms with Gasteiger partial charge in [-0.05, 0) is 30.7 Å². The maximum absolute atomic E-state index is 6.31. The minimum absolute atomic E-state index is 0.225. The highest BCUT2D eigenvalue weighted by atomic mass is 15.2. The van der Waals surface area contributed by atoms with E-state index in [9.17, 15) is 0 Å². The van der Waals surface area contributed by atoms with Crippen molar-refractivity contribution in [3.63, 3.8) is 0 Å². The van der Waals surface area contributed by atoms with Gasteiger partial charge in [0, 0.05) is 18.6 Å². The van der Waals surface area contributed by atoms with Crippen molar-refractivity contribution in [2.75, 3.05) is 19.6 Å². The molecule has 0 aromatic heterocycles.